The number of amides is 1. The molecule has 34 heavy (non-hydrogen) atoms. The zero-order chi connectivity index (χ0) is 23.7. The van der Waals surface area contributed by atoms with Gasteiger partial charge in [0.25, 0.3) is 0 Å². The Morgan fingerprint density at radius 3 is 2.53 bits per heavy atom. The molecule has 1 N–H and O–H groups in total. The van der Waals surface area contributed by atoms with Crippen LogP contribution in [0, 0.1) is 0 Å². The van der Waals surface area contributed by atoms with Gasteiger partial charge in [0, 0.05) is 41.6 Å². The van der Waals surface area contributed by atoms with E-state index in [4.69, 9.17) is 13.9 Å². The Kier molecular flexibility index (Phi) is 5.79. The fraction of sp³-hybridized carbons (Fsp3) is 0.240. The molecule has 0 atom stereocenters. The first-order chi connectivity index (χ1) is 16.4. The molecule has 3 aromatic carbocycles. The molecule has 1 aliphatic rings. The summed E-state index contributed by atoms with van der Waals surface area (Å²) in [7, 11) is -3.55. The molecule has 176 valence electrons. The van der Waals surface area contributed by atoms with Crippen molar-refractivity contribution in [3.05, 3.63) is 60.7 Å². The van der Waals surface area contributed by atoms with Crippen LogP contribution in [-0.4, -0.2) is 40.3 Å². The predicted molar refractivity (Wildman–Crippen MR) is 131 cm³/mol. The third-order valence-corrected chi connectivity index (χ3v) is 6.84. The Bertz CT molecular complexity index is 1480. The van der Waals surface area contributed by atoms with E-state index in [0.29, 0.717) is 48.1 Å². The molecule has 0 bridgehead atoms. The highest BCUT2D eigenvalue weighted by molar-refractivity contribution is 7.92. The first-order valence-electron chi connectivity index (χ1n) is 11.0. The maximum atomic E-state index is 12.5. The van der Waals surface area contributed by atoms with Gasteiger partial charge in [0.1, 0.15) is 24.4 Å². The Labute approximate surface area is 197 Å². The normalized spacial score (nSPS) is 13.2. The molecule has 4 aromatic rings. The average molecular weight is 481 g/mol. The first-order valence-corrected chi connectivity index (χ1v) is 12.8. The molecule has 1 aliphatic heterocycles. The lowest BCUT2D eigenvalue weighted by molar-refractivity contribution is -0.116. The number of fused-ring (bicyclic) bond motifs is 4. The second-order valence-corrected chi connectivity index (χ2v) is 10.0. The zero-order valence-corrected chi connectivity index (χ0v) is 19.4. The number of carbonyl (C=O) groups excluding carboxylic acids is 1. The summed E-state index contributed by atoms with van der Waals surface area (Å²) < 4.78 is 43.0. The third kappa shape index (κ3) is 4.51. The summed E-state index contributed by atoms with van der Waals surface area (Å²) in [5, 5.41) is 4.87. The van der Waals surface area contributed by atoms with Crippen molar-refractivity contribution in [2.45, 2.75) is 12.8 Å². The SMILES string of the molecule is CS(=O)(=O)N(CCCC(=O)Nc1ccc2c(c1)oc1ccccc12)c1ccc2c(c1)OCCO2. The molecule has 0 aliphatic carbocycles. The molecule has 5 rings (SSSR count). The molecule has 0 spiro atoms. The van der Waals surface area contributed by atoms with E-state index in [9.17, 15) is 13.2 Å². The van der Waals surface area contributed by atoms with Crippen LogP contribution in [0.3, 0.4) is 0 Å². The van der Waals surface area contributed by atoms with Gasteiger partial charge < -0.3 is 19.2 Å². The highest BCUT2D eigenvalue weighted by Gasteiger charge is 2.21. The van der Waals surface area contributed by atoms with Gasteiger partial charge in [0.05, 0.1) is 11.9 Å². The van der Waals surface area contributed by atoms with Crippen LogP contribution in [0.5, 0.6) is 11.5 Å². The molecule has 1 amide bonds. The van der Waals surface area contributed by atoms with Gasteiger partial charge in [-0.05, 0) is 36.8 Å². The van der Waals surface area contributed by atoms with E-state index >= 15 is 0 Å². The molecule has 1 aromatic heterocycles. The second-order valence-electron chi connectivity index (χ2n) is 8.12. The number of carbonyl (C=O) groups is 1. The van der Waals surface area contributed by atoms with Gasteiger partial charge in [-0.25, -0.2) is 8.42 Å². The number of rotatable bonds is 7. The van der Waals surface area contributed by atoms with Gasteiger partial charge in [0.15, 0.2) is 11.5 Å². The highest BCUT2D eigenvalue weighted by Crippen LogP contribution is 2.35. The van der Waals surface area contributed by atoms with E-state index < -0.39 is 10.0 Å². The summed E-state index contributed by atoms with van der Waals surface area (Å²) in [4.78, 5) is 12.5. The van der Waals surface area contributed by atoms with Crippen LogP contribution < -0.4 is 19.1 Å². The zero-order valence-electron chi connectivity index (χ0n) is 18.6. The second kappa shape index (κ2) is 8.90. The minimum atomic E-state index is -3.55. The fourth-order valence-electron chi connectivity index (χ4n) is 4.08. The number of nitrogens with one attached hydrogen (secondary N) is 1. The first kappa shape index (κ1) is 22.1. The summed E-state index contributed by atoms with van der Waals surface area (Å²) in [6.07, 6.45) is 1.65. The summed E-state index contributed by atoms with van der Waals surface area (Å²) in [6, 6.07) is 18.3. The van der Waals surface area contributed by atoms with E-state index in [0.717, 1.165) is 22.6 Å². The third-order valence-electron chi connectivity index (χ3n) is 5.64. The van der Waals surface area contributed by atoms with Crippen LogP contribution in [0.25, 0.3) is 21.9 Å². The van der Waals surface area contributed by atoms with Crippen LogP contribution in [0.2, 0.25) is 0 Å². The number of benzene rings is 3. The monoisotopic (exact) mass is 480 g/mol. The van der Waals surface area contributed by atoms with Crippen LogP contribution in [0.15, 0.2) is 65.1 Å². The van der Waals surface area contributed by atoms with Crippen molar-refractivity contribution >= 4 is 49.2 Å². The molecule has 2 heterocycles. The van der Waals surface area contributed by atoms with E-state index in [1.807, 2.05) is 36.4 Å². The topological polar surface area (TPSA) is 98.1 Å². The highest BCUT2D eigenvalue weighted by atomic mass is 32.2. The minimum absolute atomic E-state index is 0.161. The fourth-order valence-corrected chi connectivity index (χ4v) is 5.04. The van der Waals surface area contributed by atoms with Gasteiger partial charge in [-0.3, -0.25) is 9.10 Å². The largest absolute Gasteiger partial charge is 0.486 e. The Hall–Kier alpha value is -3.72. The van der Waals surface area contributed by atoms with Crippen LogP contribution in [-0.2, 0) is 14.8 Å². The van der Waals surface area contributed by atoms with Gasteiger partial charge in [0.2, 0.25) is 15.9 Å². The Morgan fingerprint density at radius 1 is 0.941 bits per heavy atom. The number of hydrogen-bond acceptors (Lipinski definition) is 6. The quantitative estimate of drug-likeness (QED) is 0.417. The molecule has 0 fully saturated rings. The van der Waals surface area contributed by atoms with Crippen molar-refractivity contribution in [3.8, 4) is 11.5 Å². The van der Waals surface area contributed by atoms with Crippen LogP contribution in [0.1, 0.15) is 12.8 Å². The number of para-hydroxylation sites is 1. The molecule has 0 radical (unpaired) electrons. The summed E-state index contributed by atoms with van der Waals surface area (Å²) >= 11 is 0. The number of ether oxygens (including phenoxy) is 2. The van der Waals surface area contributed by atoms with E-state index in [1.54, 1.807) is 24.3 Å². The van der Waals surface area contributed by atoms with Crippen molar-refractivity contribution in [1.29, 1.82) is 0 Å². The number of sulfonamides is 1. The van der Waals surface area contributed by atoms with Crippen molar-refractivity contribution in [1.82, 2.24) is 0 Å². The van der Waals surface area contributed by atoms with Gasteiger partial charge in [-0.15, -0.1) is 0 Å². The Morgan fingerprint density at radius 2 is 1.71 bits per heavy atom. The van der Waals surface area contributed by atoms with Crippen molar-refractivity contribution in [2.75, 3.05) is 35.6 Å². The van der Waals surface area contributed by atoms with E-state index in [2.05, 4.69) is 5.32 Å². The smallest absolute Gasteiger partial charge is 0.232 e. The van der Waals surface area contributed by atoms with Crippen molar-refractivity contribution < 1.29 is 27.1 Å². The van der Waals surface area contributed by atoms with E-state index in [-0.39, 0.29) is 18.9 Å². The maximum absolute atomic E-state index is 12.5. The molecule has 0 unspecified atom stereocenters. The molecule has 8 nitrogen and oxygen atoms in total. The molecule has 9 heteroatoms. The molecule has 0 saturated heterocycles. The van der Waals surface area contributed by atoms with Gasteiger partial charge in [-0.1, -0.05) is 18.2 Å². The number of furan rings is 1. The van der Waals surface area contributed by atoms with Gasteiger partial charge >= 0.3 is 0 Å². The predicted octanol–water partition coefficient (Wildman–Crippen LogP) is 4.54. The molecule has 0 saturated carbocycles. The Balaban J connectivity index is 1.24. The maximum Gasteiger partial charge on any atom is 0.232 e. The average Bonchev–Trinajstić information content (AvgIpc) is 3.18. The van der Waals surface area contributed by atoms with Gasteiger partial charge in [-0.2, -0.15) is 0 Å². The van der Waals surface area contributed by atoms with Crippen LogP contribution in [0.4, 0.5) is 11.4 Å². The van der Waals surface area contributed by atoms with Crippen LogP contribution >= 0.6 is 0 Å². The summed E-state index contributed by atoms with van der Waals surface area (Å²) in [5.74, 6) is 0.895. The van der Waals surface area contributed by atoms with Crippen molar-refractivity contribution in [2.24, 2.45) is 0 Å². The van der Waals surface area contributed by atoms with Crippen molar-refractivity contribution in [3.63, 3.8) is 0 Å². The number of hydrogen-bond donors (Lipinski definition) is 1. The summed E-state index contributed by atoms with van der Waals surface area (Å²) in [5.41, 5.74) is 2.59. The molecular formula is C25H24N2O6S. The van der Waals surface area contributed by atoms with E-state index in [1.165, 1.54) is 4.31 Å². The lowest BCUT2D eigenvalue weighted by atomic mass is 10.1. The lowest BCUT2D eigenvalue weighted by Crippen LogP contribution is -2.31. The standard InChI is InChI=1S/C25H24N2O6S/c1-34(29,30)27(18-9-11-22-24(16-18)32-14-13-31-22)12-4-7-25(28)26-17-8-10-20-19-5-2-3-6-21(19)33-23(20)15-17/h2-3,5-6,8-11,15-16H,4,7,12-14H2,1H3,(H,26,28). The minimum Gasteiger partial charge on any atom is -0.486 e. The number of nitrogens with zero attached hydrogens (tertiary/aromatic N) is 1. The lowest BCUT2D eigenvalue weighted by Gasteiger charge is -2.25. The number of anilines is 2. The molecular weight excluding hydrogens is 456 g/mol. The summed E-state index contributed by atoms with van der Waals surface area (Å²) in [6.45, 7) is 1.03.